The first-order valence-electron chi connectivity index (χ1n) is 6.33. The number of benzene rings is 1. The van der Waals surface area contributed by atoms with Crippen LogP contribution in [0.2, 0.25) is 5.02 Å². The van der Waals surface area contributed by atoms with Gasteiger partial charge in [-0.1, -0.05) is 30.7 Å². The standard InChI is InChI=1S/C14H15BrClN3S/c1-2-7-17-14-10(15)8-18-13(19-14)9-20-12-6-4-3-5-11(12)16/h3-6,8H,2,7,9H2,1H3,(H,17,18,19). The summed E-state index contributed by atoms with van der Waals surface area (Å²) in [6, 6.07) is 7.79. The van der Waals surface area contributed by atoms with E-state index >= 15 is 0 Å². The predicted octanol–water partition coefficient (Wildman–Crippen LogP) is 5.01. The van der Waals surface area contributed by atoms with Crippen LogP contribution in [0.25, 0.3) is 0 Å². The number of rotatable bonds is 6. The van der Waals surface area contributed by atoms with Gasteiger partial charge in [-0.25, -0.2) is 9.97 Å². The maximum atomic E-state index is 6.13. The van der Waals surface area contributed by atoms with Crippen LogP contribution in [-0.2, 0) is 5.75 Å². The van der Waals surface area contributed by atoms with Crippen LogP contribution in [0.3, 0.4) is 0 Å². The first kappa shape index (κ1) is 15.6. The second-order valence-corrected chi connectivity index (χ2v) is 6.41. The molecule has 1 N–H and O–H groups in total. The van der Waals surface area contributed by atoms with Gasteiger partial charge in [0.1, 0.15) is 11.6 Å². The summed E-state index contributed by atoms with van der Waals surface area (Å²) in [4.78, 5) is 9.90. The van der Waals surface area contributed by atoms with Gasteiger partial charge in [-0.15, -0.1) is 11.8 Å². The molecule has 0 bridgehead atoms. The second kappa shape index (κ2) is 7.86. The number of nitrogens with zero attached hydrogens (tertiary/aromatic N) is 2. The van der Waals surface area contributed by atoms with Crippen molar-refractivity contribution in [3.05, 3.63) is 45.8 Å². The lowest BCUT2D eigenvalue weighted by Crippen LogP contribution is -2.05. The molecule has 20 heavy (non-hydrogen) atoms. The summed E-state index contributed by atoms with van der Waals surface area (Å²) in [7, 11) is 0. The molecular weight excluding hydrogens is 358 g/mol. The lowest BCUT2D eigenvalue weighted by Gasteiger charge is -2.08. The van der Waals surface area contributed by atoms with E-state index in [0.29, 0.717) is 5.75 Å². The molecule has 0 fully saturated rings. The first-order valence-corrected chi connectivity index (χ1v) is 8.49. The number of thioether (sulfide) groups is 1. The Morgan fingerprint density at radius 2 is 2.15 bits per heavy atom. The van der Waals surface area contributed by atoms with E-state index in [1.807, 2.05) is 24.3 Å². The molecule has 0 spiro atoms. The third-order valence-electron chi connectivity index (χ3n) is 2.53. The van der Waals surface area contributed by atoms with E-state index in [9.17, 15) is 0 Å². The van der Waals surface area contributed by atoms with Crippen LogP contribution in [-0.4, -0.2) is 16.5 Å². The monoisotopic (exact) mass is 371 g/mol. The van der Waals surface area contributed by atoms with Crippen molar-refractivity contribution in [1.29, 1.82) is 0 Å². The van der Waals surface area contributed by atoms with E-state index < -0.39 is 0 Å². The molecule has 1 heterocycles. The quantitative estimate of drug-likeness (QED) is 0.724. The third kappa shape index (κ3) is 4.36. The molecule has 0 atom stereocenters. The van der Waals surface area contributed by atoms with E-state index in [2.05, 4.69) is 38.1 Å². The molecule has 2 aromatic rings. The number of halogens is 2. The van der Waals surface area contributed by atoms with E-state index in [4.69, 9.17) is 11.6 Å². The minimum Gasteiger partial charge on any atom is -0.369 e. The molecule has 1 aromatic heterocycles. The Bertz CT molecular complexity index is 580. The summed E-state index contributed by atoms with van der Waals surface area (Å²) in [6.45, 7) is 3.02. The van der Waals surface area contributed by atoms with Crippen molar-refractivity contribution in [2.24, 2.45) is 0 Å². The summed E-state index contributed by atoms with van der Waals surface area (Å²) in [5.74, 6) is 2.32. The van der Waals surface area contributed by atoms with Crippen LogP contribution in [0, 0.1) is 0 Å². The maximum Gasteiger partial charge on any atom is 0.144 e. The van der Waals surface area contributed by atoms with Gasteiger partial charge in [0.2, 0.25) is 0 Å². The van der Waals surface area contributed by atoms with Crippen molar-refractivity contribution in [2.75, 3.05) is 11.9 Å². The first-order chi connectivity index (χ1) is 9.70. The minimum atomic E-state index is 0.692. The summed E-state index contributed by atoms with van der Waals surface area (Å²) in [6.07, 6.45) is 2.84. The van der Waals surface area contributed by atoms with Crippen LogP contribution in [0.4, 0.5) is 5.82 Å². The van der Waals surface area contributed by atoms with Crippen molar-refractivity contribution < 1.29 is 0 Å². The van der Waals surface area contributed by atoms with Crippen LogP contribution in [0.5, 0.6) is 0 Å². The number of aromatic nitrogens is 2. The Labute approximate surface area is 136 Å². The average molecular weight is 373 g/mol. The maximum absolute atomic E-state index is 6.13. The minimum absolute atomic E-state index is 0.692. The number of hydrogen-bond acceptors (Lipinski definition) is 4. The van der Waals surface area contributed by atoms with Crippen molar-refractivity contribution >= 4 is 45.1 Å². The average Bonchev–Trinajstić information content (AvgIpc) is 2.46. The molecule has 0 aliphatic rings. The molecule has 0 unspecified atom stereocenters. The van der Waals surface area contributed by atoms with Gasteiger partial charge in [-0.2, -0.15) is 0 Å². The zero-order valence-electron chi connectivity index (χ0n) is 11.1. The zero-order valence-corrected chi connectivity index (χ0v) is 14.2. The molecule has 0 amide bonds. The number of anilines is 1. The molecule has 6 heteroatoms. The SMILES string of the molecule is CCCNc1nc(CSc2ccccc2Cl)ncc1Br. The Balaban J connectivity index is 2.04. The van der Waals surface area contributed by atoms with Gasteiger partial charge in [0.25, 0.3) is 0 Å². The summed E-state index contributed by atoms with van der Waals surface area (Å²) in [5.41, 5.74) is 0. The van der Waals surface area contributed by atoms with Gasteiger partial charge in [0.15, 0.2) is 0 Å². The van der Waals surface area contributed by atoms with Crippen LogP contribution < -0.4 is 5.32 Å². The lowest BCUT2D eigenvalue weighted by atomic mass is 10.4. The van der Waals surface area contributed by atoms with Crippen molar-refractivity contribution in [3.8, 4) is 0 Å². The molecule has 0 aliphatic heterocycles. The Morgan fingerprint density at radius 1 is 1.35 bits per heavy atom. The molecule has 1 aromatic carbocycles. The molecular formula is C14H15BrClN3S. The van der Waals surface area contributed by atoms with E-state index in [-0.39, 0.29) is 0 Å². The van der Waals surface area contributed by atoms with Gasteiger partial charge < -0.3 is 5.32 Å². The Hall–Kier alpha value is -0.780. The second-order valence-electron chi connectivity index (χ2n) is 4.13. The van der Waals surface area contributed by atoms with Gasteiger partial charge in [0, 0.05) is 17.6 Å². The highest BCUT2D eigenvalue weighted by Gasteiger charge is 2.06. The summed E-state index contributed by atoms with van der Waals surface area (Å²) < 4.78 is 0.887. The van der Waals surface area contributed by atoms with Crippen LogP contribution in [0.1, 0.15) is 19.2 Å². The van der Waals surface area contributed by atoms with Crippen molar-refractivity contribution in [1.82, 2.24) is 9.97 Å². The third-order valence-corrected chi connectivity index (χ3v) is 4.62. The van der Waals surface area contributed by atoms with Gasteiger partial charge in [0.05, 0.1) is 15.2 Å². The molecule has 0 saturated carbocycles. The molecule has 2 rings (SSSR count). The highest BCUT2D eigenvalue weighted by molar-refractivity contribution is 9.10. The highest BCUT2D eigenvalue weighted by atomic mass is 79.9. The van der Waals surface area contributed by atoms with E-state index in [1.165, 1.54) is 0 Å². The van der Waals surface area contributed by atoms with Crippen LogP contribution >= 0.6 is 39.3 Å². The lowest BCUT2D eigenvalue weighted by molar-refractivity contribution is 0.946. The zero-order chi connectivity index (χ0) is 14.4. The molecule has 0 radical (unpaired) electrons. The Kier molecular flexibility index (Phi) is 6.13. The highest BCUT2D eigenvalue weighted by Crippen LogP contribution is 2.29. The fourth-order valence-electron chi connectivity index (χ4n) is 1.54. The van der Waals surface area contributed by atoms with Crippen molar-refractivity contribution in [2.45, 2.75) is 24.0 Å². The fourth-order valence-corrected chi connectivity index (χ4v) is 2.98. The topological polar surface area (TPSA) is 37.8 Å². The number of hydrogen-bond donors (Lipinski definition) is 1. The normalized spacial score (nSPS) is 10.6. The molecule has 0 saturated heterocycles. The number of nitrogens with one attached hydrogen (secondary N) is 1. The molecule has 0 aliphatic carbocycles. The van der Waals surface area contributed by atoms with E-state index in [1.54, 1.807) is 18.0 Å². The fraction of sp³-hybridized carbons (Fsp3) is 0.286. The largest absolute Gasteiger partial charge is 0.369 e. The van der Waals surface area contributed by atoms with Gasteiger partial charge in [-0.3, -0.25) is 0 Å². The Morgan fingerprint density at radius 3 is 2.90 bits per heavy atom. The van der Waals surface area contributed by atoms with Crippen molar-refractivity contribution in [3.63, 3.8) is 0 Å². The molecule has 106 valence electrons. The van der Waals surface area contributed by atoms with Gasteiger partial charge >= 0.3 is 0 Å². The smallest absolute Gasteiger partial charge is 0.144 e. The van der Waals surface area contributed by atoms with E-state index in [0.717, 1.165) is 39.0 Å². The molecule has 3 nitrogen and oxygen atoms in total. The summed E-state index contributed by atoms with van der Waals surface area (Å²) in [5, 5.41) is 4.04. The van der Waals surface area contributed by atoms with Crippen LogP contribution in [0.15, 0.2) is 39.8 Å². The van der Waals surface area contributed by atoms with Gasteiger partial charge in [-0.05, 0) is 34.5 Å². The summed E-state index contributed by atoms with van der Waals surface area (Å²) >= 11 is 11.2. The predicted molar refractivity (Wildman–Crippen MR) is 89.5 cm³/mol.